The standard InChI is InChI=1S/C28H34N4O7/c1-3-5-15-29(16-6-4-2)17-8-18-30-25(20-11-13-22(14-12-20)31(36)37)24(27(34)28(30)35)26(33)21-9-7-10-23(19-21)32(38)39/h7,9-14,19,25,33H,3-6,8,15-18H2,1-2H3/b26-24-. The predicted molar refractivity (Wildman–Crippen MR) is 146 cm³/mol. The van der Waals surface area contributed by atoms with E-state index in [2.05, 4.69) is 18.7 Å². The van der Waals surface area contributed by atoms with E-state index in [1.807, 2.05) is 0 Å². The maximum Gasteiger partial charge on any atom is 0.295 e. The molecule has 2 aromatic carbocycles. The third-order valence-corrected chi connectivity index (χ3v) is 6.82. The molecular weight excluding hydrogens is 504 g/mol. The third kappa shape index (κ3) is 7.05. The average molecular weight is 539 g/mol. The van der Waals surface area contributed by atoms with Crippen LogP contribution >= 0.6 is 0 Å². The average Bonchev–Trinajstić information content (AvgIpc) is 3.18. The molecule has 11 nitrogen and oxygen atoms in total. The van der Waals surface area contributed by atoms with E-state index in [9.17, 15) is 34.9 Å². The van der Waals surface area contributed by atoms with Crippen LogP contribution in [0.1, 0.15) is 63.1 Å². The summed E-state index contributed by atoms with van der Waals surface area (Å²) in [5.41, 5.74) is -0.195. The van der Waals surface area contributed by atoms with Gasteiger partial charge >= 0.3 is 0 Å². The van der Waals surface area contributed by atoms with Crippen molar-refractivity contribution in [2.75, 3.05) is 26.2 Å². The molecule has 1 saturated heterocycles. The number of non-ortho nitro benzene ring substituents is 2. The number of rotatable bonds is 14. The van der Waals surface area contributed by atoms with Crippen LogP contribution in [-0.2, 0) is 9.59 Å². The van der Waals surface area contributed by atoms with Crippen LogP contribution in [0.2, 0.25) is 0 Å². The minimum absolute atomic E-state index is 0.0272. The molecule has 3 rings (SSSR count). The third-order valence-electron chi connectivity index (χ3n) is 6.82. The number of nitro benzene ring substituents is 2. The fourth-order valence-electron chi connectivity index (χ4n) is 4.72. The smallest absolute Gasteiger partial charge is 0.295 e. The first kappa shape index (κ1) is 29.4. The lowest BCUT2D eigenvalue weighted by Crippen LogP contribution is -2.34. The maximum atomic E-state index is 13.2. The molecule has 2 aromatic rings. The van der Waals surface area contributed by atoms with E-state index < -0.39 is 33.3 Å². The molecule has 0 spiro atoms. The van der Waals surface area contributed by atoms with E-state index >= 15 is 0 Å². The van der Waals surface area contributed by atoms with Crippen LogP contribution in [0.5, 0.6) is 0 Å². The van der Waals surface area contributed by atoms with Gasteiger partial charge in [-0.1, -0.05) is 38.8 Å². The number of amides is 1. The van der Waals surface area contributed by atoms with Gasteiger partial charge in [0.25, 0.3) is 23.1 Å². The summed E-state index contributed by atoms with van der Waals surface area (Å²) in [6, 6.07) is 9.66. The number of likely N-dealkylation sites (tertiary alicyclic amines) is 1. The molecule has 1 heterocycles. The fourth-order valence-corrected chi connectivity index (χ4v) is 4.72. The predicted octanol–water partition coefficient (Wildman–Crippen LogP) is 5.22. The Kier molecular flexibility index (Phi) is 10.3. The Hall–Kier alpha value is -4.12. The van der Waals surface area contributed by atoms with Crippen LogP contribution in [0.25, 0.3) is 5.76 Å². The van der Waals surface area contributed by atoms with Gasteiger partial charge in [-0.25, -0.2) is 0 Å². The summed E-state index contributed by atoms with van der Waals surface area (Å²) in [6.45, 7) is 7.08. The molecule has 1 fully saturated rings. The fraction of sp³-hybridized carbons (Fsp3) is 0.429. The van der Waals surface area contributed by atoms with E-state index in [1.165, 1.54) is 47.4 Å². The van der Waals surface area contributed by atoms with Gasteiger partial charge in [-0.05, 0) is 56.6 Å². The van der Waals surface area contributed by atoms with E-state index in [1.54, 1.807) is 0 Å². The number of nitrogens with zero attached hydrogens (tertiary/aromatic N) is 4. The van der Waals surface area contributed by atoms with Crippen molar-refractivity contribution in [3.05, 3.63) is 85.5 Å². The van der Waals surface area contributed by atoms with Gasteiger partial charge in [0.15, 0.2) is 0 Å². The Bertz CT molecular complexity index is 1230. The molecule has 0 bridgehead atoms. The second-order valence-corrected chi connectivity index (χ2v) is 9.55. The van der Waals surface area contributed by atoms with Gasteiger partial charge in [0.1, 0.15) is 5.76 Å². The number of benzene rings is 2. The highest BCUT2D eigenvalue weighted by atomic mass is 16.6. The molecule has 1 atom stereocenters. The van der Waals surface area contributed by atoms with Crippen LogP contribution in [-0.4, -0.2) is 62.6 Å². The van der Waals surface area contributed by atoms with Crippen molar-refractivity contribution in [1.29, 1.82) is 0 Å². The molecule has 1 unspecified atom stereocenters. The molecular formula is C28H34N4O7. The van der Waals surface area contributed by atoms with Crippen molar-refractivity contribution >= 4 is 28.8 Å². The van der Waals surface area contributed by atoms with Crippen LogP contribution in [0, 0.1) is 20.2 Å². The summed E-state index contributed by atoms with van der Waals surface area (Å²) in [7, 11) is 0. The Morgan fingerprint density at radius 2 is 1.49 bits per heavy atom. The van der Waals surface area contributed by atoms with Gasteiger partial charge in [0.2, 0.25) is 0 Å². The SMILES string of the molecule is CCCCN(CCCC)CCCN1C(=O)C(=O)/C(=C(\O)c2cccc([N+](=O)[O-])c2)C1c1ccc([N+](=O)[O-])cc1. The Morgan fingerprint density at radius 3 is 2.05 bits per heavy atom. The van der Waals surface area contributed by atoms with Gasteiger partial charge in [0.05, 0.1) is 21.5 Å². The van der Waals surface area contributed by atoms with Crippen molar-refractivity contribution in [1.82, 2.24) is 9.80 Å². The van der Waals surface area contributed by atoms with Gasteiger partial charge in [-0.2, -0.15) is 0 Å². The van der Waals surface area contributed by atoms with Crippen molar-refractivity contribution in [3.63, 3.8) is 0 Å². The lowest BCUT2D eigenvalue weighted by molar-refractivity contribution is -0.385. The summed E-state index contributed by atoms with van der Waals surface area (Å²) in [4.78, 5) is 51.4. The maximum absolute atomic E-state index is 13.2. The molecule has 208 valence electrons. The van der Waals surface area contributed by atoms with Crippen molar-refractivity contribution < 1.29 is 24.5 Å². The number of carbonyl (C=O) groups excluding carboxylic acids is 2. The van der Waals surface area contributed by atoms with Crippen LogP contribution in [0.3, 0.4) is 0 Å². The zero-order chi connectivity index (χ0) is 28.5. The monoisotopic (exact) mass is 538 g/mol. The van der Waals surface area contributed by atoms with Crippen molar-refractivity contribution in [2.45, 2.75) is 52.0 Å². The largest absolute Gasteiger partial charge is 0.507 e. The lowest BCUT2D eigenvalue weighted by Gasteiger charge is -2.27. The minimum atomic E-state index is -0.996. The topological polar surface area (TPSA) is 147 Å². The van der Waals surface area contributed by atoms with Crippen LogP contribution in [0.15, 0.2) is 54.1 Å². The van der Waals surface area contributed by atoms with Gasteiger partial charge in [-0.3, -0.25) is 29.8 Å². The van der Waals surface area contributed by atoms with Crippen LogP contribution < -0.4 is 0 Å². The van der Waals surface area contributed by atoms with E-state index in [4.69, 9.17) is 0 Å². The Morgan fingerprint density at radius 1 is 0.897 bits per heavy atom. The molecule has 1 aliphatic rings. The summed E-state index contributed by atoms with van der Waals surface area (Å²) < 4.78 is 0. The lowest BCUT2D eigenvalue weighted by atomic mass is 9.95. The van der Waals surface area contributed by atoms with Gasteiger partial charge in [0, 0.05) is 36.4 Å². The van der Waals surface area contributed by atoms with E-state index in [0.717, 1.165) is 51.4 Å². The molecule has 0 aliphatic carbocycles. The summed E-state index contributed by atoms with van der Waals surface area (Å²) in [5.74, 6) is -2.23. The molecule has 0 aromatic heterocycles. The van der Waals surface area contributed by atoms with E-state index in [-0.39, 0.29) is 29.1 Å². The Labute approximate surface area is 227 Å². The Balaban J connectivity index is 1.98. The molecule has 1 amide bonds. The number of ketones is 1. The van der Waals surface area contributed by atoms with Crippen LogP contribution in [0.4, 0.5) is 11.4 Å². The normalized spacial score (nSPS) is 16.7. The highest BCUT2D eigenvalue weighted by Gasteiger charge is 2.46. The molecule has 0 radical (unpaired) electrons. The second kappa shape index (κ2) is 13.6. The van der Waals surface area contributed by atoms with E-state index in [0.29, 0.717) is 12.0 Å². The molecule has 11 heteroatoms. The quantitative estimate of drug-likeness (QED) is 0.113. The first-order valence-corrected chi connectivity index (χ1v) is 13.2. The number of aliphatic hydroxyl groups is 1. The first-order chi connectivity index (χ1) is 18.7. The number of hydrogen-bond donors (Lipinski definition) is 1. The van der Waals surface area contributed by atoms with Gasteiger partial charge in [-0.15, -0.1) is 0 Å². The molecule has 1 N–H and O–H groups in total. The zero-order valence-corrected chi connectivity index (χ0v) is 22.2. The molecule has 39 heavy (non-hydrogen) atoms. The zero-order valence-electron chi connectivity index (χ0n) is 22.2. The minimum Gasteiger partial charge on any atom is -0.507 e. The highest BCUT2D eigenvalue weighted by Crippen LogP contribution is 2.40. The summed E-state index contributed by atoms with van der Waals surface area (Å²) in [6.07, 6.45) is 4.82. The van der Waals surface area contributed by atoms with Crippen molar-refractivity contribution in [2.24, 2.45) is 0 Å². The number of carbonyl (C=O) groups is 2. The number of aliphatic hydroxyl groups excluding tert-OH is 1. The second-order valence-electron chi connectivity index (χ2n) is 9.55. The number of hydrogen-bond acceptors (Lipinski definition) is 8. The highest BCUT2D eigenvalue weighted by molar-refractivity contribution is 6.46. The summed E-state index contributed by atoms with van der Waals surface area (Å²) >= 11 is 0. The number of nitro groups is 2. The number of unbranched alkanes of at least 4 members (excludes halogenated alkanes) is 2. The molecule has 1 aliphatic heterocycles. The summed E-state index contributed by atoms with van der Waals surface area (Å²) in [5, 5.41) is 33.6. The van der Waals surface area contributed by atoms with Gasteiger partial charge < -0.3 is 14.9 Å². The number of Topliss-reactive ketones (excluding diaryl/α,β-unsaturated/α-hetero) is 1. The van der Waals surface area contributed by atoms with Crippen molar-refractivity contribution in [3.8, 4) is 0 Å². The molecule has 0 saturated carbocycles. The first-order valence-electron chi connectivity index (χ1n) is 13.2.